The van der Waals surface area contributed by atoms with Crippen LogP contribution in [0.25, 0.3) is 54.3 Å². The average molecular weight is 506 g/mol. The Morgan fingerprint density at radius 2 is 1.32 bits per heavy atom. The second kappa shape index (κ2) is 8.26. The summed E-state index contributed by atoms with van der Waals surface area (Å²) < 4.78 is 42.4. The fourth-order valence-electron chi connectivity index (χ4n) is 5.32. The first-order chi connectivity index (χ1) is 18.1. The summed E-state index contributed by atoms with van der Waals surface area (Å²) in [6.45, 7) is 6.33. The Hall–Kier alpha value is -4.50. The molecule has 0 unspecified atom stereocenters. The molecule has 0 radical (unpaired) electrons. The number of fused-ring (bicyclic) bond motifs is 4. The van der Waals surface area contributed by atoms with Gasteiger partial charge < -0.3 is 0 Å². The van der Waals surface area contributed by atoms with E-state index < -0.39 is 11.9 Å². The van der Waals surface area contributed by atoms with Gasteiger partial charge in [-0.25, -0.2) is 0 Å². The summed E-state index contributed by atoms with van der Waals surface area (Å²) in [5.41, 5.74) is 0.563. The molecule has 0 aliphatic heterocycles. The zero-order valence-corrected chi connectivity index (χ0v) is 21.0. The minimum atomic E-state index is -4.77. The molecule has 0 aliphatic carbocycles. The van der Waals surface area contributed by atoms with Crippen molar-refractivity contribution in [3.63, 3.8) is 0 Å². The lowest BCUT2D eigenvalue weighted by atomic mass is 9.81. The van der Waals surface area contributed by atoms with Crippen LogP contribution in [0.5, 0.6) is 0 Å². The van der Waals surface area contributed by atoms with Crippen LogP contribution in [0.15, 0.2) is 78.9 Å². The van der Waals surface area contributed by atoms with E-state index in [1.54, 1.807) is 30.3 Å². The van der Waals surface area contributed by atoms with Gasteiger partial charge in [0.2, 0.25) is 0 Å². The highest BCUT2D eigenvalue weighted by atomic mass is 19.4. The van der Waals surface area contributed by atoms with E-state index in [1.807, 2.05) is 36.4 Å². The first kappa shape index (κ1) is 23.9. The molecule has 6 rings (SSSR count). The summed E-state index contributed by atoms with van der Waals surface area (Å²) in [6, 6.07) is 27.0. The third-order valence-corrected chi connectivity index (χ3v) is 7.07. The quantitative estimate of drug-likeness (QED) is 0.210. The van der Waals surface area contributed by atoms with E-state index in [2.05, 4.69) is 49.2 Å². The molecule has 0 N–H and O–H groups in total. The van der Waals surface area contributed by atoms with Gasteiger partial charge >= 0.3 is 6.18 Å². The van der Waals surface area contributed by atoms with Crippen LogP contribution >= 0.6 is 0 Å². The Bertz CT molecular complexity index is 1960. The average Bonchev–Trinajstić information content (AvgIpc) is 2.88. The first-order valence-electron chi connectivity index (χ1n) is 12.2. The minimum absolute atomic E-state index is 0.0515. The van der Waals surface area contributed by atoms with E-state index in [0.717, 1.165) is 27.1 Å². The van der Waals surface area contributed by atoms with Crippen molar-refractivity contribution in [1.29, 1.82) is 5.26 Å². The van der Waals surface area contributed by atoms with Gasteiger partial charge in [0.25, 0.3) is 0 Å². The van der Waals surface area contributed by atoms with Gasteiger partial charge in [-0.15, -0.1) is 10.2 Å². The summed E-state index contributed by atoms with van der Waals surface area (Å²) in [5, 5.41) is 23.2. The molecule has 0 fully saturated rings. The van der Waals surface area contributed by atoms with Gasteiger partial charge in [-0.1, -0.05) is 69.3 Å². The highest BCUT2D eigenvalue weighted by Crippen LogP contribution is 2.42. The van der Waals surface area contributed by atoms with E-state index in [-0.39, 0.29) is 21.8 Å². The number of rotatable bonds is 1. The van der Waals surface area contributed by atoms with Crippen molar-refractivity contribution in [2.24, 2.45) is 0 Å². The molecule has 3 nitrogen and oxygen atoms in total. The van der Waals surface area contributed by atoms with E-state index in [9.17, 15) is 18.4 Å². The molecule has 0 amide bonds. The smallest absolute Gasteiger partial charge is 0.192 e. The number of halogens is 3. The largest absolute Gasteiger partial charge is 0.435 e. The number of hydrogen-bond acceptors (Lipinski definition) is 3. The van der Waals surface area contributed by atoms with Crippen molar-refractivity contribution >= 4 is 43.1 Å². The van der Waals surface area contributed by atoms with Gasteiger partial charge in [0, 0.05) is 21.7 Å². The van der Waals surface area contributed by atoms with Gasteiger partial charge in [-0.3, -0.25) is 0 Å². The van der Waals surface area contributed by atoms with E-state index in [4.69, 9.17) is 0 Å². The van der Waals surface area contributed by atoms with Crippen LogP contribution in [0.3, 0.4) is 0 Å². The molecular formula is C32H22F3N3. The lowest BCUT2D eigenvalue weighted by Gasteiger charge is -2.23. The van der Waals surface area contributed by atoms with Crippen molar-refractivity contribution in [1.82, 2.24) is 10.2 Å². The number of nitrogens with zero attached hydrogens (tertiary/aromatic N) is 3. The molecule has 186 valence electrons. The van der Waals surface area contributed by atoms with Gasteiger partial charge in [0.1, 0.15) is 11.8 Å². The van der Waals surface area contributed by atoms with Gasteiger partial charge in [-0.05, 0) is 68.2 Å². The number of aromatic nitrogens is 2. The summed E-state index contributed by atoms with van der Waals surface area (Å²) in [7, 11) is 0. The molecule has 6 aromatic rings. The Labute approximate surface area is 217 Å². The molecule has 1 heterocycles. The number of hydrogen-bond donors (Lipinski definition) is 0. The Kier molecular flexibility index (Phi) is 5.19. The second-order valence-electron chi connectivity index (χ2n) is 10.6. The Balaban J connectivity index is 1.77. The molecule has 5 aromatic carbocycles. The van der Waals surface area contributed by atoms with Crippen LogP contribution in [-0.4, -0.2) is 10.2 Å². The van der Waals surface area contributed by atoms with Gasteiger partial charge in [-0.2, -0.15) is 18.4 Å². The molecule has 38 heavy (non-hydrogen) atoms. The standard InChI is InChI=1S/C32H22F3N3/c1-31(2,3)27-16-22(13-21-12-18-8-4-5-9-19(18)14-24(21)27)29-25-15-20-10-6-7-11-23(20)26(17-36)28(25)30(38-37-29)32(33,34)35/h4-16H,1-3H3. The van der Waals surface area contributed by atoms with E-state index >= 15 is 0 Å². The first-order valence-corrected chi connectivity index (χ1v) is 12.2. The van der Waals surface area contributed by atoms with E-state index in [0.29, 0.717) is 22.0 Å². The SMILES string of the molecule is CC(C)(C)c1cc(-c2nnc(C(F)(F)F)c3c(C#N)c4ccccc4cc23)cc2cc3ccccc3cc12. The maximum absolute atomic E-state index is 14.1. The topological polar surface area (TPSA) is 49.6 Å². The van der Waals surface area contributed by atoms with Crippen LogP contribution in [-0.2, 0) is 11.6 Å². The zero-order chi connectivity index (χ0) is 26.8. The highest BCUT2D eigenvalue weighted by molar-refractivity contribution is 6.10. The van der Waals surface area contributed by atoms with Crippen LogP contribution in [0, 0.1) is 11.3 Å². The number of nitriles is 1. The minimum Gasteiger partial charge on any atom is -0.192 e. The normalized spacial score (nSPS) is 12.4. The maximum Gasteiger partial charge on any atom is 0.435 e. The Morgan fingerprint density at radius 3 is 1.97 bits per heavy atom. The summed E-state index contributed by atoms with van der Waals surface area (Å²) in [4.78, 5) is 0. The van der Waals surface area contributed by atoms with Gasteiger partial charge in [0.05, 0.1) is 5.56 Å². The van der Waals surface area contributed by atoms with Crippen molar-refractivity contribution in [3.8, 4) is 17.3 Å². The van der Waals surface area contributed by atoms with Crippen molar-refractivity contribution in [3.05, 3.63) is 95.7 Å². The molecule has 0 atom stereocenters. The number of alkyl halides is 3. The number of benzene rings is 5. The molecule has 0 spiro atoms. The fourth-order valence-corrected chi connectivity index (χ4v) is 5.32. The lowest BCUT2D eigenvalue weighted by Crippen LogP contribution is -2.13. The molecule has 1 aromatic heterocycles. The van der Waals surface area contributed by atoms with Crippen molar-refractivity contribution in [2.75, 3.05) is 0 Å². The van der Waals surface area contributed by atoms with E-state index in [1.165, 1.54) is 0 Å². The molecule has 0 aliphatic rings. The van der Waals surface area contributed by atoms with Gasteiger partial charge in [0.15, 0.2) is 5.69 Å². The zero-order valence-electron chi connectivity index (χ0n) is 21.0. The summed E-state index contributed by atoms with van der Waals surface area (Å²) >= 11 is 0. The summed E-state index contributed by atoms with van der Waals surface area (Å²) in [5.74, 6) is 0. The third-order valence-electron chi connectivity index (χ3n) is 7.07. The van der Waals surface area contributed by atoms with Crippen LogP contribution in [0.2, 0.25) is 0 Å². The fraction of sp³-hybridized carbons (Fsp3) is 0.156. The maximum atomic E-state index is 14.1. The molecule has 6 heteroatoms. The molecule has 0 saturated heterocycles. The molecule has 0 bridgehead atoms. The predicted molar refractivity (Wildman–Crippen MR) is 146 cm³/mol. The van der Waals surface area contributed by atoms with Crippen LogP contribution < -0.4 is 0 Å². The van der Waals surface area contributed by atoms with Crippen LogP contribution in [0.1, 0.15) is 37.6 Å². The highest BCUT2D eigenvalue weighted by Gasteiger charge is 2.37. The second-order valence-corrected chi connectivity index (χ2v) is 10.6. The Morgan fingerprint density at radius 1 is 0.684 bits per heavy atom. The van der Waals surface area contributed by atoms with Crippen LogP contribution in [0.4, 0.5) is 13.2 Å². The van der Waals surface area contributed by atoms with Crippen molar-refractivity contribution < 1.29 is 13.2 Å². The molecular weight excluding hydrogens is 483 g/mol. The third kappa shape index (κ3) is 3.74. The summed E-state index contributed by atoms with van der Waals surface area (Å²) in [6.07, 6.45) is -4.77. The van der Waals surface area contributed by atoms with Crippen molar-refractivity contribution in [2.45, 2.75) is 32.4 Å². The lowest BCUT2D eigenvalue weighted by molar-refractivity contribution is -0.140. The molecule has 0 saturated carbocycles. The predicted octanol–water partition coefficient (Wildman–Crippen LogP) is 8.94. The monoisotopic (exact) mass is 505 g/mol.